The molecule has 0 fully saturated rings. The first-order valence-corrected chi connectivity index (χ1v) is 7.54. The molecule has 2 heterocycles. The predicted octanol–water partition coefficient (Wildman–Crippen LogP) is 2.85. The van der Waals surface area contributed by atoms with Crippen molar-refractivity contribution in [2.45, 2.75) is 26.3 Å². The van der Waals surface area contributed by atoms with Gasteiger partial charge in [-0.3, -0.25) is 4.79 Å². The van der Waals surface area contributed by atoms with Crippen molar-refractivity contribution in [1.82, 2.24) is 15.5 Å². The maximum absolute atomic E-state index is 11.6. The number of rotatable bonds is 6. The van der Waals surface area contributed by atoms with Crippen LogP contribution in [-0.2, 0) is 0 Å². The molecule has 5 nitrogen and oxygen atoms in total. The van der Waals surface area contributed by atoms with Crippen molar-refractivity contribution in [2.24, 2.45) is 0 Å². The van der Waals surface area contributed by atoms with Gasteiger partial charge in [0.1, 0.15) is 5.82 Å². The van der Waals surface area contributed by atoms with Crippen LogP contribution in [0.5, 0.6) is 0 Å². The first-order valence-electron chi connectivity index (χ1n) is 6.66. The third kappa shape index (κ3) is 3.54. The zero-order valence-corrected chi connectivity index (χ0v) is 12.4. The summed E-state index contributed by atoms with van der Waals surface area (Å²) in [6.45, 7) is 4.57. The molecule has 2 N–H and O–H groups in total. The topological polar surface area (TPSA) is 66.9 Å². The summed E-state index contributed by atoms with van der Waals surface area (Å²) in [6, 6.07) is 7.82. The van der Waals surface area contributed by atoms with Crippen molar-refractivity contribution in [1.29, 1.82) is 0 Å². The summed E-state index contributed by atoms with van der Waals surface area (Å²) in [5.74, 6) is 0.482. The molecule has 1 atom stereocenters. The molecular formula is C14H18N4OS. The van der Waals surface area contributed by atoms with Gasteiger partial charge in [-0.05, 0) is 36.9 Å². The Morgan fingerprint density at radius 1 is 1.30 bits per heavy atom. The van der Waals surface area contributed by atoms with E-state index < -0.39 is 0 Å². The summed E-state index contributed by atoms with van der Waals surface area (Å²) in [5, 5.41) is 16.1. The number of aromatic nitrogens is 2. The second-order valence-corrected chi connectivity index (χ2v) is 5.26. The fourth-order valence-corrected chi connectivity index (χ4v) is 2.69. The lowest BCUT2D eigenvalue weighted by atomic mass is 10.2. The van der Waals surface area contributed by atoms with Gasteiger partial charge in [-0.25, -0.2) is 0 Å². The van der Waals surface area contributed by atoms with Gasteiger partial charge in [0, 0.05) is 11.4 Å². The standard InChI is InChI=1S/C14H18N4OS/c1-3-10(12-6-5-9-20-12)16-13-8-7-11(17-18-13)14(19)15-4-2/h5-10H,3-4H2,1-2H3,(H,15,19)(H,16,18). The van der Waals surface area contributed by atoms with E-state index in [-0.39, 0.29) is 11.9 Å². The largest absolute Gasteiger partial charge is 0.361 e. The van der Waals surface area contributed by atoms with Crippen molar-refractivity contribution in [3.05, 3.63) is 40.2 Å². The van der Waals surface area contributed by atoms with Gasteiger partial charge in [-0.1, -0.05) is 13.0 Å². The SMILES string of the molecule is CCNC(=O)c1ccc(NC(CC)c2cccs2)nn1. The van der Waals surface area contributed by atoms with Crippen LogP contribution in [0.3, 0.4) is 0 Å². The van der Waals surface area contributed by atoms with Crippen molar-refractivity contribution >= 4 is 23.1 Å². The highest BCUT2D eigenvalue weighted by Gasteiger charge is 2.12. The Balaban J connectivity index is 2.04. The average Bonchev–Trinajstić information content (AvgIpc) is 2.99. The summed E-state index contributed by atoms with van der Waals surface area (Å²) in [5.41, 5.74) is 0.335. The molecule has 2 rings (SSSR count). The molecule has 2 aromatic rings. The van der Waals surface area contributed by atoms with Crippen LogP contribution in [0.25, 0.3) is 0 Å². The van der Waals surface area contributed by atoms with Crippen LogP contribution < -0.4 is 10.6 Å². The van der Waals surface area contributed by atoms with Gasteiger partial charge >= 0.3 is 0 Å². The molecule has 2 aromatic heterocycles. The van der Waals surface area contributed by atoms with E-state index in [1.807, 2.05) is 13.0 Å². The Hall–Kier alpha value is -1.95. The number of anilines is 1. The third-order valence-corrected chi connectivity index (χ3v) is 3.84. The molecule has 1 amide bonds. The minimum absolute atomic E-state index is 0.197. The normalized spacial score (nSPS) is 11.9. The van der Waals surface area contributed by atoms with E-state index in [4.69, 9.17) is 0 Å². The maximum atomic E-state index is 11.6. The van der Waals surface area contributed by atoms with E-state index >= 15 is 0 Å². The second kappa shape index (κ2) is 7.00. The van der Waals surface area contributed by atoms with Crippen molar-refractivity contribution < 1.29 is 4.79 Å². The molecule has 0 saturated heterocycles. The van der Waals surface area contributed by atoms with Gasteiger partial charge in [0.25, 0.3) is 5.91 Å². The molecule has 0 aromatic carbocycles. The Labute approximate surface area is 122 Å². The van der Waals surface area contributed by atoms with Crippen LogP contribution in [0.1, 0.15) is 41.7 Å². The molecule has 0 aliphatic rings. The van der Waals surface area contributed by atoms with E-state index in [9.17, 15) is 4.79 Å². The van der Waals surface area contributed by atoms with Crippen molar-refractivity contribution in [3.63, 3.8) is 0 Å². The molecule has 20 heavy (non-hydrogen) atoms. The van der Waals surface area contributed by atoms with E-state index in [2.05, 4.69) is 39.2 Å². The Morgan fingerprint density at radius 3 is 2.70 bits per heavy atom. The van der Waals surface area contributed by atoms with E-state index in [0.717, 1.165) is 6.42 Å². The quantitative estimate of drug-likeness (QED) is 0.858. The lowest BCUT2D eigenvalue weighted by molar-refractivity contribution is 0.0950. The number of carbonyl (C=O) groups excluding carboxylic acids is 1. The van der Waals surface area contributed by atoms with E-state index in [0.29, 0.717) is 18.1 Å². The first-order chi connectivity index (χ1) is 9.74. The molecule has 0 radical (unpaired) electrons. The van der Waals surface area contributed by atoms with Crippen LogP contribution in [-0.4, -0.2) is 22.6 Å². The molecule has 0 saturated carbocycles. The number of hydrogen-bond donors (Lipinski definition) is 2. The summed E-state index contributed by atoms with van der Waals surface area (Å²) in [4.78, 5) is 12.9. The minimum Gasteiger partial charge on any atom is -0.361 e. The smallest absolute Gasteiger partial charge is 0.271 e. The minimum atomic E-state index is -0.197. The molecule has 0 aliphatic heterocycles. The van der Waals surface area contributed by atoms with Crippen LogP contribution in [0.4, 0.5) is 5.82 Å². The van der Waals surface area contributed by atoms with Gasteiger partial charge in [0.15, 0.2) is 5.69 Å². The second-order valence-electron chi connectivity index (χ2n) is 4.28. The molecule has 0 spiro atoms. The monoisotopic (exact) mass is 290 g/mol. The Kier molecular flexibility index (Phi) is 5.06. The van der Waals surface area contributed by atoms with Crippen LogP contribution >= 0.6 is 11.3 Å². The highest BCUT2D eigenvalue weighted by Crippen LogP contribution is 2.25. The molecule has 0 aliphatic carbocycles. The van der Waals surface area contributed by atoms with Gasteiger partial charge in [0.05, 0.1) is 6.04 Å². The van der Waals surface area contributed by atoms with Crippen molar-refractivity contribution in [2.75, 3.05) is 11.9 Å². The van der Waals surface area contributed by atoms with E-state index in [1.54, 1.807) is 23.5 Å². The zero-order chi connectivity index (χ0) is 14.4. The number of amides is 1. The predicted molar refractivity (Wildman–Crippen MR) is 81.0 cm³/mol. The van der Waals surface area contributed by atoms with Crippen molar-refractivity contribution in [3.8, 4) is 0 Å². The maximum Gasteiger partial charge on any atom is 0.271 e. The lowest BCUT2D eigenvalue weighted by Crippen LogP contribution is -2.24. The highest BCUT2D eigenvalue weighted by molar-refractivity contribution is 7.10. The zero-order valence-electron chi connectivity index (χ0n) is 11.6. The molecule has 6 heteroatoms. The third-order valence-electron chi connectivity index (χ3n) is 2.85. The van der Waals surface area contributed by atoms with Gasteiger partial charge in [-0.2, -0.15) is 0 Å². The number of thiophene rings is 1. The van der Waals surface area contributed by atoms with Crippen LogP contribution in [0, 0.1) is 0 Å². The van der Waals surface area contributed by atoms with Crippen LogP contribution in [0.15, 0.2) is 29.6 Å². The van der Waals surface area contributed by atoms with Gasteiger partial charge < -0.3 is 10.6 Å². The summed E-state index contributed by atoms with van der Waals surface area (Å²) < 4.78 is 0. The average molecular weight is 290 g/mol. The fourth-order valence-electron chi connectivity index (χ4n) is 1.82. The summed E-state index contributed by atoms with van der Waals surface area (Å²) >= 11 is 1.71. The summed E-state index contributed by atoms with van der Waals surface area (Å²) in [6.07, 6.45) is 0.959. The fraction of sp³-hybridized carbons (Fsp3) is 0.357. The molecular weight excluding hydrogens is 272 g/mol. The Morgan fingerprint density at radius 2 is 2.15 bits per heavy atom. The van der Waals surface area contributed by atoms with Gasteiger partial charge in [-0.15, -0.1) is 21.5 Å². The lowest BCUT2D eigenvalue weighted by Gasteiger charge is -2.15. The molecule has 106 valence electrons. The molecule has 0 bridgehead atoms. The van der Waals surface area contributed by atoms with E-state index in [1.165, 1.54) is 4.88 Å². The number of hydrogen-bond acceptors (Lipinski definition) is 5. The number of nitrogens with one attached hydrogen (secondary N) is 2. The highest BCUT2D eigenvalue weighted by atomic mass is 32.1. The summed E-state index contributed by atoms with van der Waals surface area (Å²) in [7, 11) is 0. The number of nitrogens with zero attached hydrogens (tertiary/aromatic N) is 2. The Bertz CT molecular complexity index is 539. The first kappa shape index (κ1) is 14.5. The molecule has 1 unspecified atom stereocenters. The number of carbonyl (C=O) groups is 1. The van der Waals surface area contributed by atoms with Crippen LogP contribution in [0.2, 0.25) is 0 Å². The van der Waals surface area contributed by atoms with Gasteiger partial charge in [0.2, 0.25) is 0 Å².